The van der Waals surface area contributed by atoms with Gasteiger partial charge in [-0.05, 0) is 37.5 Å². The molecule has 0 aliphatic carbocycles. The Balaban J connectivity index is 1.97. The topological polar surface area (TPSA) is 32.5 Å². The summed E-state index contributed by atoms with van der Waals surface area (Å²) in [6, 6.07) is 7.37. The summed E-state index contributed by atoms with van der Waals surface area (Å²) in [5, 5.41) is 0. The normalized spacial score (nSPS) is 19.6. The molecular formula is C16H27N3. The first-order chi connectivity index (χ1) is 9.11. The molecule has 3 heteroatoms. The van der Waals surface area contributed by atoms with Crippen LogP contribution in [0.25, 0.3) is 0 Å². The van der Waals surface area contributed by atoms with Crippen LogP contribution in [0.1, 0.15) is 29.7 Å². The second kappa shape index (κ2) is 6.51. The third-order valence-electron chi connectivity index (χ3n) is 4.41. The second-order valence-corrected chi connectivity index (χ2v) is 5.69. The van der Waals surface area contributed by atoms with Gasteiger partial charge in [-0.25, -0.2) is 0 Å². The smallest absolute Gasteiger partial charge is 0.0321 e. The Bertz CT molecular complexity index is 408. The van der Waals surface area contributed by atoms with Crippen molar-refractivity contribution in [3.05, 3.63) is 34.9 Å². The summed E-state index contributed by atoms with van der Waals surface area (Å²) in [5.74, 6) is 0. The molecule has 0 amide bonds. The maximum absolute atomic E-state index is 5.62. The molecule has 2 N–H and O–H groups in total. The summed E-state index contributed by atoms with van der Waals surface area (Å²) in [4.78, 5) is 5.04. The molecule has 1 aromatic carbocycles. The van der Waals surface area contributed by atoms with E-state index in [9.17, 15) is 0 Å². The zero-order valence-electron chi connectivity index (χ0n) is 12.5. The highest BCUT2D eigenvalue weighted by Gasteiger charge is 2.21. The van der Waals surface area contributed by atoms with Gasteiger partial charge in [0.05, 0.1) is 0 Å². The molecule has 0 bridgehead atoms. The van der Waals surface area contributed by atoms with Gasteiger partial charge in [-0.1, -0.05) is 18.2 Å². The Morgan fingerprint density at radius 1 is 1.11 bits per heavy atom. The van der Waals surface area contributed by atoms with Crippen molar-refractivity contribution in [2.24, 2.45) is 5.73 Å². The molecular weight excluding hydrogens is 234 g/mol. The van der Waals surface area contributed by atoms with Crippen LogP contribution in [0.2, 0.25) is 0 Å². The first-order valence-electron chi connectivity index (χ1n) is 7.35. The molecule has 19 heavy (non-hydrogen) atoms. The van der Waals surface area contributed by atoms with E-state index in [1.54, 1.807) is 0 Å². The molecule has 0 saturated carbocycles. The van der Waals surface area contributed by atoms with Gasteiger partial charge < -0.3 is 5.73 Å². The number of rotatable bonds is 4. The lowest BCUT2D eigenvalue weighted by Gasteiger charge is -2.38. The maximum atomic E-state index is 5.62. The van der Waals surface area contributed by atoms with E-state index in [2.05, 4.69) is 48.8 Å². The molecule has 0 spiro atoms. The fourth-order valence-electron chi connectivity index (χ4n) is 2.79. The van der Waals surface area contributed by atoms with Crippen molar-refractivity contribution in [1.82, 2.24) is 9.80 Å². The largest absolute Gasteiger partial charge is 0.329 e. The summed E-state index contributed by atoms with van der Waals surface area (Å²) in [5.41, 5.74) is 9.83. The van der Waals surface area contributed by atoms with Gasteiger partial charge in [0.15, 0.2) is 0 Å². The lowest BCUT2D eigenvalue weighted by molar-refractivity contribution is 0.104. The van der Waals surface area contributed by atoms with E-state index in [1.807, 2.05) is 0 Å². The third-order valence-corrected chi connectivity index (χ3v) is 4.41. The van der Waals surface area contributed by atoms with Crippen molar-refractivity contribution in [2.45, 2.75) is 26.8 Å². The predicted molar refractivity (Wildman–Crippen MR) is 81.4 cm³/mol. The maximum Gasteiger partial charge on any atom is 0.0321 e. The van der Waals surface area contributed by atoms with E-state index in [-0.39, 0.29) is 0 Å². The number of hydrogen-bond acceptors (Lipinski definition) is 3. The van der Waals surface area contributed by atoms with Gasteiger partial charge in [0.1, 0.15) is 0 Å². The molecule has 2 rings (SSSR count). The zero-order valence-corrected chi connectivity index (χ0v) is 12.5. The van der Waals surface area contributed by atoms with Gasteiger partial charge >= 0.3 is 0 Å². The minimum atomic E-state index is 0.513. The summed E-state index contributed by atoms with van der Waals surface area (Å²) in [7, 11) is 0. The van der Waals surface area contributed by atoms with E-state index in [0.717, 1.165) is 39.3 Å². The molecule has 1 atom stereocenters. The van der Waals surface area contributed by atoms with Crippen LogP contribution in [0.3, 0.4) is 0 Å². The van der Waals surface area contributed by atoms with Crippen molar-refractivity contribution in [2.75, 3.05) is 39.3 Å². The highest BCUT2D eigenvalue weighted by atomic mass is 15.3. The number of nitrogens with two attached hydrogens (primary N) is 1. The van der Waals surface area contributed by atoms with E-state index in [4.69, 9.17) is 5.73 Å². The fraction of sp³-hybridized carbons (Fsp3) is 0.625. The van der Waals surface area contributed by atoms with Crippen LogP contribution in [0, 0.1) is 13.8 Å². The summed E-state index contributed by atoms with van der Waals surface area (Å²) in [6.45, 7) is 13.1. The lowest BCUT2D eigenvalue weighted by atomic mass is 10.0. The Labute approximate surface area is 117 Å². The number of aryl methyl sites for hydroxylation is 2. The summed E-state index contributed by atoms with van der Waals surface area (Å²) in [6.07, 6.45) is 0. The van der Waals surface area contributed by atoms with Crippen molar-refractivity contribution >= 4 is 0 Å². The molecule has 1 fully saturated rings. The molecule has 1 unspecified atom stereocenters. The van der Waals surface area contributed by atoms with E-state index >= 15 is 0 Å². The number of benzene rings is 1. The van der Waals surface area contributed by atoms with E-state index in [1.165, 1.54) is 16.7 Å². The second-order valence-electron chi connectivity index (χ2n) is 5.69. The molecule has 1 aliphatic heterocycles. The highest BCUT2D eigenvalue weighted by molar-refractivity contribution is 5.31. The van der Waals surface area contributed by atoms with Crippen LogP contribution < -0.4 is 5.73 Å². The molecule has 106 valence electrons. The number of nitrogens with zero attached hydrogens (tertiary/aromatic N) is 2. The third kappa shape index (κ3) is 3.56. The van der Waals surface area contributed by atoms with E-state index < -0.39 is 0 Å². The Morgan fingerprint density at radius 2 is 1.79 bits per heavy atom. The van der Waals surface area contributed by atoms with Crippen LogP contribution in [0.5, 0.6) is 0 Å². The highest BCUT2D eigenvalue weighted by Crippen LogP contribution is 2.23. The Hall–Kier alpha value is -0.900. The average molecular weight is 261 g/mol. The quantitative estimate of drug-likeness (QED) is 0.899. The van der Waals surface area contributed by atoms with Crippen molar-refractivity contribution in [3.8, 4) is 0 Å². The van der Waals surface area contributed by atoms with Crippen LogP contribution in [-0.2, 0) is 0 Å². The molecule has 1 saturated heterocycles. The number of hydrogen-bond donors (Lipinski definition) is 1. The zero-order chi connectivity index (χ0) is 13.8. The van der Waals surface area contributed by atoms with Gasteiger partial charge in [-0.2, -0.15) is 0 Å². The SMILES string of the molecule is Cc1ccc(C(C)N2CCN(CCN)CC2)cc1C. The minimum absolute atomic E-state index is 0.513. The molecule has 0 radical (unpaired) electrons. The van der Waals surface area contributed by atoms with Crippen molar-refractivity contribution < 1.29 is 0 Å². The Morgan fingerprint density at radius 3 is 2.37 bits per heavy atom. The van der Waals surface area contributed by atoms with Crippen LogP contribution >= 0.6 is 0 Å². The van der Waals surface area contributed by atoms with Gasteiger partial charge in [0.25, 0.3) is 0 Å². The molecule has 1 heterocycles. The first kappa shape index (κ1) is 14.5. The minimum Gasteiger partial charge on any atom is -0.329 e. The first-order valence-corrected chi connectivity index (χ1v) is 7.35. The monoisotopic (exact) mass is 261 g/mol. The van der Waals surface area contributed by atoms with Crippen LogP contribution in [0.4, 0.5) is 0 Å². The van der Waals surface area contributed by atoms with Gasteiger partial charge in [-0.3, -0.25) is 9.80 Å². The van der Waals surface area contributed by atoms with E-state index in [0.29, 0.717) is 6.04 Å². The van der Waals surface area contributed by atoms with Crippen molar-refractivity contribution in [1.29, 1.82) is 0 Å². The summed E-state index contributed by atoms with van der Waals surface area (Å²) >= 11 is 0. The molecule has 1 aliphatic rings. The average Bonchev–Trinajstić information content (AvgIpc) is 2.42. The molecule has 1 aromatic rings. The van der Waals surface area contributed by atoms with Crippen LogP contribution in [-0.4, -0.2) is 49.1 Å². The van der Waals surface area contributed by atoms with Gasteiger partial charge in [-0.15, -0.1) is 0 Å². The molecule has 0 aromatic heterocycles. The predicted octanol–water partition coefficient (Wildman–Crippen LogP) is 1.94. The van der Waals surface area contributed by atoms with Gasteiger partial charge in [0, 0.05) is 45.3 Å². The summed E-state index contributed by atoms with van der Waals surface area (Å²) < 4.78 is 0. The Kier molecular flexibility index (Phi) is 4.97. The van der Waals surface area contributed by atoms with Crippen LogP contribution in [0.15, 0.2) is 18.2 Å². The fourth-order valence-corrected chi connectivity index (χ4v) is 2.79. The lowest BCUT2D eigenvalue weighted by Crippen LogP contribution is -2.48. The molecule has 3 nitrogen and oxygen atoms in total. The van der Waals surface area contributed by atoms with Crippen molar-refractivity contribution in [3.63, 3.8) is 0 Å². The standard InChI is InChI=1S/C16H27N3/c1-13-4-5-16(12-14(13)2)15(3)19-10-8-18(7-6-17)9-11-19/h4-5,12,15H,6-11,17H2,1-3H3. The number of piperazine rings is 1. The van der Waals surface area contributed by atoms with Gasteiger partial charge in [0.2, 0.25) is 0 Å².